The quantitative estimate of drug-likeness (QED) is 0.556. The van der Waals surface area contributed by atoms with Crippen molar-refractivity contribution in [1.82, 2.24) is 9.55 Å². The summed E-state index contributed by atoms with van der Waals surface area (Å²) in [5.74, 6) is -1.10. The van der Waals surface area contributed by atoms with Gasteiger partial charge in [-0.25, -0.2) is 4.79 Å². The van der Waals surface area contributed by atoms with Crippen molar-refractivity contribution in [2.75, 3.05) is 0 Å². The average molecular weight is 356 g/mol. The summed E-state index contributed by atoms with van der Waals surface area (Å²) in [4.78, 5) is 15.4. The minimum atomic E-state index is -4.53. The van der Waals surface area contributed by atoms with E-state index in [2.05, 4.69) is 4.98 Å². The predicted molar refractivity (Wildman–Crippen MR) is 90.5 cm³/mol. The van der Waals surface area contributed by atoms with E-state index in [0.717, 1.165) is 6.07 Å². The number of carboxylic acid groups (broad SMARTS) is 1. The van der Waals surface area contributed by atoms with Gasteiger partial charge in [0.2, 0.25) is 0 Å². The first kappa shape index (κ1) is 16.1. The molecule has 7 heteroatoms. The van der Waals surface area contributed by atoms with Gasteiger partial charge in [0, 0.05) is 23.2 Å². The molecule has 0 aliphatic heterocycles. The molecule has 130 valence electrons. The Hall–Kier alpha value is -3.35. The second kappa shape index (κ2) is 5.59. The highest BCUT2D eigenvalue weighted by Crippen LogP contribution is 2.36. The second-order valence-corrected chi connectivity index (χ2v) is 5.76. The normalized spacial score (nSPS) is 12.0. The molecule has 26 heavy (non-hydrogen) atoms. The maximum atomic E-state index is 13.3. The van der Waals surface area contributed by atoms with E-state index < -0.39 is 17.7 Å². The molecule has 0 unspecified atom stereocenters. The van der Waals surface area contributed by atoms with Crippen LogP contribution in [0.15, 0.2) is 60.9 Å². The Morgan fingerprint density at radius 1 is 1.00 bits per heavy atom. The summed E-state index contributed by atoms with van der Waals surface area (Å²) in [5.41, 5.74) is 0.107. The number of aromatic nitrogens is 2. The van der Waals surface area contributed by atoms with Crippen molar-refractivity contribution in [3.05, 3.63) is 72.1 Å². The number of aromatic carboxylic acids is 1. The van der Waals surface area contributed by atoms with E-state index >= 15 is 0 Å². The molecule has 0 fully saturated rings. The zero-order valence-corrected chi connectivity index (χ0v) is 13.2. The Labute approximate surface area is 145 Å². The van der Waals surface area contributed by atoms with Crippen LogP contribution in [-0.2, 0) is 6.18 Å². The van der Waals surface area contributed by atoms with Crippen LogP contribution in [0.2, 0.25) is 0 Å². The molecule has 0 radical (unpaired) electrons. The number of carbonyl (C=O) groups is 1. The number of halogens is 3. The van der Waals surface area contributed by atoms with Crippen molar-refractivity contribution in [3.63, 3.8) is 0 Å². The van der Waals surface area contributed by atoms with Crippen molar-refractivity contribution in [2.45, 2.75) is 6.18 Å². The first-order valence-corrected chi connectivity index (χ1v) is 7.66. The van der Waals surface area contributed by atoms with Gasteiger partial charge in [-0.15, -0.1) is 0 Å². The van der Waals surface area contributed by atoms with Crippen LogP contribution >= 0.6 is 0 Å². The molecular weight excluding hydrogens is 345 g/mol. The molecule has 0 spiro atoms. The summed E-state index contributed by atoms with van der Waals surface area (Å²) >= 11 is 0. The molecule has 4 aromatic rings. The highest BCUT2D eigenvalue weighted by Gasteiger charge is 2.33. The van der Waals surface area contributed by atoms with E-state index in [1.165, 1.54) is 18.5 Å². The Kier molecular flexibility index (Phi) is 3.47. The molecule has 0 saturated carbocycles. The Bertz CT molecular complexity index is 1160. The van der Waals surface area contributed by atoms with Crippen LogP contribution in [-0.4, -0.2) is 20.6 Å². The van der Waals surface area contributed by atoms with E-state index in [9.17, 15) is 23.1 Å². The van der Waals surface area contributed by atoms with Crippen molar-refractivity contribution >= 4 is 27.8 Å². The number of hydrogen-bond donors (Lipinski definition) is 1. The summed E-state index contributed by atoms with van der Waals surface area (Å²) in [6.45, 7) is 0. The lowest BCUT2D eigenvalue weighted by molar-refractivity contribution is -0.136. The first-order chi connectivity index (χ1) is 12.4. The molecule has 2 heterocycles. The molecule has 0 bridgehead atoms. The number of hydrogen-bond acceptors (Lipinski definition) is 2. The molecular formula is C19H11F3N2O2. The van der Waals surface area contributed by atoms with Crippen LogP contribution in [0.3, 0.4) is 0 Å². The summed E-state index contributed by atoms with van der Waals surface area (Å²) in [6.07, 6.45) is -1.82. The number of nitrogens with zero attached hydrogens (tertiary/aromatic N) is 2. The van der Waals surface area contributed by atoms with Gasteiger partial charge in [0.15, 0.2) is 0 Å². The molecule has 4 rings (SSSR count). The van der Waals surface area contributed by atoms with Crippen molar-refractivity contribution in [3.8, 4) is 5.69 Å². The van der Waals surface area contributed by atoms with Crippen LogP contribution in [0.25, 0.3) is 27.5 Å². The molecule has 0 atom stereocenters. The Morgan fingerprint density at radius 3 is 2.46 bits per heavy atom. The highest BCUT2D eigenvalue weighted by atomic mass is 19.4. The van der Waals surface area contributed by atoms with Crippen LogP contribution < -0.4 is 0 Å². The number of benzene rings is 2. The molecule has 4 nitrogen and oxygen atoms in total. The van der Waals surface area contributed by atoms with Crippen LogP contribution in [0.4, 0.5) is 13.2 Å². The molecule has 1 N–H and O–H groups in total. The maximum absolute atomic E-state index is 13.3. The third kappa shape index (κ3) is 2.40. The van der Waals surface area contributed by atoms with Crippen LogP contribution in [0.1, 0.15) is 15.9 Å². The fourth-order valence-corrected chi connectivity index (χ4v) is 3.15. The maximum Gasteiger partial charge on any atom is 0.418 e. The molecule has 0 amide bonds. The standard InChI is InChI=1S/C19H11F3N2O2/c20-19(21,22)14-6-3-5-12-16(8-9-23-17(12)14)24-10-13(18(25)26)11-4-1-2-7-15(11)24/h1-10H,(H,25,26). The number of alkyl halides is 3. The predicted octanol–water partition coefficient (Wildman–Crippen LogP) is 4.90. The molecule has 0 saturated heterocycles. The Morgan fingerprint density at radius 2 is 1.73 bits per heavy atom. The lowest BCUT2D eigenvalue weighted by atomic mass is 10.1. The largest absolute Gasteiger partial charge is 0.478 e. The van der Waals surface area contributed by atoms with Gasteiger partial charge in [0.1, 0.15) is 0 Å². The molecule has 2 aromatic carbocycles. The number of fused-ring (bicyclic) bond motifs is 2. The van der Waals surface area contributed by atoms with E-state index in [1.807, 2.05) is 0 Å². The minimum Gasteiger partial charge on any atom is -0.478 e. The first-order valence-electron chi connectivity index (χ1n) is 7.66. The SMILES string of the molecule is O=C(O)c1cn(-c2ccnc3c(C(F)(F)F)cccc23)c2ccccc12. The van der Waals surface area contributed by atoms with Crippen molar-refractivity contribution < 1.29 is 23.1 Å². The fourth-order valence-electron chi connectivity index (χ4n) is 3.15. The van der Waals surface area contributed by atoms with Gasteiger partial charge in [0.25, 0.3) is 0 Å². The third-order valence-electron chi connectivity index (χ3n) is 4.26. The summed E-state index contributed by atoms with van der Waals surface area (Å²) in [5, 5.41) is 10.2. The van der Waals surface area contributed by atoms with E-state index in [0.29, 0.717) is 22.0 Å². The molecule has 0 aliphatic rings. The number of rotatable bonds is 2. The van der Waals surface area contributed by atoms with Gasteiger partial charge in [-0.1, -0.05) is 30.3 Å². The van der Waals surface area contributed by atoms with Gasteiger partial charge >= 0.3 is 12.1 Å². The summed E-state index contributed by atoms with van der Waals surface area (Å²) in [6, 6.07) is 12.3. The topological polar surface area (TPSA) is 55.1 Å². The van der Waals surface area contributed by atoms with Crippen molar-refractivity contribution in [2.24, 2.45) is 0 Å². The monoisotopic (exact) mass is 356 g/mol. The zero-order valence-electron chi connectivity index (χ0n) is 13.2. The molecule has 2 aromatic heterocycles. The minimum absolute atomic E-state index is 0.0811. The average Bonchev–Trinajstić information content (AvgIpc) is 2.99. The smallest absolute Gasteiger partial charge is 0.418 e. The second-order valence-electron chi connectivity index (χ2n) is 5.76. The lowest BCUT2D eigenvalue weighted by Crippen LogP contribution is -2.07. The highest BCUT2D eigenvalue weighted by molar-refractivity contribution is 6.05. The van der Waals surface area contributed by atoms with Gasteiger partial charge in [0.05, 0.1) is 27.8 Å². The number of pyridine rings is 1. The van der Waals surface area contributed by atoms with E-state index in [4.69, 9.17) is 0 Å². The third-order valence-corrected chi connectivity index (χ3v) is 4.26. The number of carboxylic acids is 1. The van der Waals surface area contributed by atoms with Crippen LogP contribution in [0, 0.1) is 0 Å². The zero-order chi connectivity index (χ0) is 18.5. The van der Waals surface area contributed by atoms with Gasteiger partial charge < -0.3 is 9.67 Å². The van der Waals surface area contributed by atoms with Crippen LogP contribution in [0.5, 0.6) is 0 Å². The molecule has 0 aliphatic carbocycles. The van der Waals surface area contributed by atoms with Gasteiger partial charge in [-0.05, 0) is 18.2 Å². The van der Waals surface area contributed by atoms with E-state index in [-0.39, 0.29) is 11.1 Å². The Balaban J connectivity index is 2.08. The fraction of sp³-hybridized carbons (Fsp3) is 0.0526. The number of para-hydroxylation sites is 2. The van der Waals surface area contributed by atoms with Gasteiger partial charge in [-0.2, -0.15) is 13.2 Å². The van der Waals surface area contributed by atoms with Gasteiger partial charge in [-0.3, -0.25) is 4.98 Å². The lowest BCUT2D eigenvalue weighted by Gasteiger charge is -2.13. The van der Waals surface area contributed by atoms with E-state index in [1.54, 1.807) is 41.0 Å². The van der Waals surface area contributed by atoms with Crippen molar-refractivity contribution in [1.29, 1.82) is 0 Å². The summed E-state index contributed by atoms with van der Waals surface area (Å²) in [7, 11) is 0. The summed E-state index contributed by atoms with van der Waals surface area (Å²) < 4.78 is 41.5.